The minimum Gasteiger partial charge on any atom is -0.456 e. The van der Waals surface area contributed by atoms with Crippen LogP contribution in [0.15, 0.2) is 89.3 Å². The fourth-order valence-electron chi connectivity index (χ4n) is 4.71. The van der Waals surface area contributed by atoms with Gasteiger partial charge >= 0.3 is 5.97 Å². The molecular formula is C25H15NO4. The maximum atomic E-state index is 13.6. The van der Waals surface area contributed by atoms with Crippen molar-refractivity contribution in [2.75, 3.05) is 6.61 Å². The first-order valence-corrected chi connectivity index (χ1v) is 9.72. The number of fused-ring (bicyclic) bond motifs is 2. The number of nitrogens with one attached hydrogen (secondary N) is 1. The molecular weight excluding hydrogens is 378 g/mol. The Bertz CT molecular complexity index is 1370. The van der Waals surface area contributed by atoms with Crippen LogP contribution in [0.1, 0.15) is 32.2 Å². The van der Waals surface area contributed by atoms with Crippen LogP contribution in [0.25, 0.3) is 10.8 Å². The lowest BCUT2D eigenvalue weighted by Gasteiger charge is -2.32. The van der Waals surface area contributed by atoms with E-state index in [2.05, 4.69) is 5.32 Å². The number of allylic oxidation sites excluding steroid dienone is 2. The van der Waals surface area contributed by atoms with Crippen LogP contribution >= 0.6 is 0 Å². The van der Waals surface area contributed by atoms with Crippen LogP contribution in [-0.2, 0) is 9.53 Å². The van der Waals surface area contributed by atoms with Crippen molar-refractivity contribution < 1.29 is 19.1 Å². The van der Waals surface area contributed by atoms with Gasteiger partial charge in [0.1, 0.15) is 6.61 Å². The van der Waals surface area contributed by atoms with Gasteiger partial charge in [0.05, 0.1) is 17.0 Å². The molecule has 3 aliphatic rings. The molecule has 2 aliphatic heterocycles. The molecule has 0 saturated heterocycles. The molecule has 0 saturated carbocycles. The maximum absolute atomic E-state index is 13.6. The van der Waals surface area contributed by atoms with E-state index in [0.29, 0.717) is 28.0 Å². The number of esters is 1. The number of rotatable bonds is 1. The number of dihydropyridines is 1. The number of Topliss-reactive ketones (excluding diaryl/α,β-unsaturated/α-hetero) is 2. The molecule has 1 N–H and O–H groups in total. The predicted molar refractivity (Wildman–Crippen MR) is 110 cm³/mol. The highest BCUT2D eigenvalue weighted by Crippen LogP contribution is 2.46. The van der Waals surface area contributed by atoms with E-state index in [9.17, 15) is 14.4 Å². The van der Waals surface area contributed by atoms with Crippen LogP contribution in [0.2, 0.25) is 0 Å². The molecule has 0 bridgehead atoms. The van der Waals surface area contributed by atoms with Gasteiger partial charge in [-0.25, -0.2) is 4.79 Å². The van der Waals surface area contributed by atoms with E-state index in [1.54, 1.807) is 24.3 Å². The van der Waals surface area contributed by atoms with Gasteiger partial charge in [-0.2, -0.15) is 0 Å². The largest absolute Gasteiger partial charge is 0.456 e. The Balaban J connectivity index is 1.67. The summed E-state index contributed by atoms with van der Waals surface area (Å²) in [7, 11) is 0. The van der Waals surface area contributed by atoms with Crippen molar-refractivity contribution in [1.82, 2.24) is 5.32 Å². The lowest BCUT2D eigenvalue weighted by atomic mass is 9.72. The predicted octanol–water partition coefficient (Wildman–Crippen LogP) is 3.67. The molecule has 1 aliphatic carbocycles. The number of hydrogen-bond acceptors (Lipinski definition) is 5. The van der Waals surface area contributed by atoms with Crippen LogP contribution in [0.5, 0.6) is 0 Å². The summed E-state index contributed by atoms with van der Waals surface area (Å²) in [6.07, 6.45) is 0. The van der Waals surface area contributed by atoms with Crippen LogP contribution in [0.4, 0.5) is 0 Å². The molecule has 0 fully saturated rings. The summed E-state index contributed by atoms with van der Waals surface area (Å²) in [5.41, 5.74) is 3.07. The first-order chi connectivity index (χ1) is 14.6. The number of cyclic esters (lactones) is 1. The smallest absolute Gasteiger partial charge is 0.337 e. The van der Waals surface area contributed by atoms with E-state index in [0.717, 1.165) is 16.3 Å². The van der Waals surface area contributed by atoms with Crippen LogP contribution in [-0.4, -0.2) is 24.1 Å². The van der Waals surface area contributed by atoms with Gasteiger partial charge in [0.15, 0.2) is 5.78 Å². The molecule has 0 aromatic heterocycles. The summed E-state index contributed by atoms with van der Waals surface area (Å²) < 4.78 is 5.29. The Morgan fingerprint density at radius 1 is 0.767 bits per heavy atom. The van der Waals surface area contributed by atoms with Crippen molar-refractivity contribution in [3.63, 3.8) is 0 Å². The average molecular weight is 393 g/mol. The van der Waals surface area contributed by atoms with Gasteiger partial charge in [0.2, 0.25) is 5.78 Å². The molecule has 1 atom stereocenters. The summed E-state index contributed by atoms with van der Waals surface area (Å²) in [5, 5.41) is 4.99. The van der Waals surface area contributed by atoms with E-state index >= 15 is 0 Å². The molecule has 30 heavy (non-hydrogen) atoms. The Morgan fingerprint density at radius 2 is 1.47 bits per heavy atom. The lowest BCUT2D eigenvalue weighted by molar-refractivity contribution is -0.136. The molecule has 6 rings (SSSR count). The molecule has 0 amide bonds. The minimum atomic E-state index is -0.665. The lowest BCUT2D eigenvalue weighted by Crippen LogP contribution is -2.37. The summed E-state index contributed by atoms with van der Waals surface area (Å²) in [4.78, 5) is 39.6. The zero-order valence-corrected chi connectivity index (χ0v) is 15.8. The van der Waals surface area contributed by atoms with Gasteiger partial charge in [-0.1, -0.05) is 66.7 Å². The van der Waals surface area contributed by atoms with Crippen LogP contribution < -0.4 is 5.32 Å². The second-order valence-electron chi connectivity index (χ2n) is 7.59. The molecule has 2 heterocycles. The number of benzene rings is 3. The normalized spacial score (nSPS) is 20.0. The molecule has 1 unspecified atom stereocenters. The van der Waals surface area contributed by atoms with E-state index < -0.39 is 11.9 Å². The molecule has 0 radical (unpaired) electrons. The third kappa shape index (κ3) is 2.14. The van der Waals surface area contributed by atoms with E-state index in [-0.39, 0.29) is 23.9 Å². The van der Waals surface area contributed by atoms with Crippen molar-refractivity contribution >= 4 is 28.3 Å². The molecule has 144 valence electrons. The second kappa shape index (κ2) is 6.00. The molecule has 3 aromatic carbocycles. The Morgan fingerprint density at radius 3 is 2.30 bits per heavy atom. The highest BCUT2D eigenvalue weighted by atomic mass is 16.5. The van der Waals surface area contributed by atoms with Crippen molar-refractivity contribution in [2.24, 2.45) is 0 Å². The highest BCUT2D eigenvalue weighted by molar-refractivity contribution is 6.28. The number of carbonyl (C=O) groups is 3. The fourth-order valence-corrected chi connectivity index (χ4v) is 4.71. The minimum absolute atomic E-state index is 0.0648. The third-order valence-electron chi connectivity index (χ3n) is 6.04. The van der Waals surface area contributed by atoms with Crippen molar-refractivity contribution in [3.05, 3.63) is 106 Å². The fraction of sp³-hybridized carbons (Fsp3) is 0.0800. The highest BCUT2D eigenvalue weighted by Gasteiger charge is 2.46. The number of ketones is 2. The monoisotopic (exact) mass is 393 g/mol. The van der Waals surface area contributed by atoms with Gasteiger partial charge in [0.25, 0.3) is 0 Å². The third-order valence-corrected chi connectivity index (χ3v) is 6.04. The zero-order valence-electron chi connectivity index (χ0n) is 15.8. The Labute approximate surface area is 171 Å². The molecule has 5 nitrogen and oxygen atoms in total. The molecule has 5 heteroatoms. The Kier molecular flexibility index (Phi) is 3.39. The summed E-state index contributed by atoms with van der Waals surface area (Å²) in [5.74, 6) is -1.60. The van der Waals surface area contributed by atoms with Gasteiger partial charge in [-0.05, 0) is 16.3 Å². The van der Waals surface area contributed by atoms with Crippen molar-refractivity contribution in [1.29, 1.82) is 0 Å². The summed E-state index contributed by atoms with van der Waals surface area (Å²) in [6, 6.07) is 20.4. The number of hydrogen-bond donors (Lipinski definition) is 1. The SMILES string of the molecule is O=C1OCC2=C1C(c1cccc3ccccc13)C1=C(N2)C(=O)c2ccccc2C1=O. The van der Waals surface area contributed by atoms with Crippen molar-refractivity contribution in [3.8, 4) is 0 Å². The molecule has 3 aromatic rings. The standard InChI is InChI=1S/C25H15NO4/c27-23-16-9-3-4-10-17(16)24(28)22-21(23)19(20-18(26-22)12-30-25(20)29)15-11-5-7-13-6-1-2-8-14(13)15/h1-11,19,26H,12H2. The van der Waals surface area contributed by atoms with E-state index in [4.69, 9.17) is 4.74 Å². The first-order valence-electron chi connectivity index (χ1n) is 9.72. The first kappa shape index (κ1) is 16.9. The Hall–Kier alpha value is -3.99. The van der Waals surface area contributed by atoms with Crippen molar-refractivity contribution in [2.45, 2.75) is 5.92 Å². The van der Waals surface area contributed by atoms with E-state index in [1.165, 1.54) is 0 Å². The van der Waals surface area contributed by atoms with Gasteiger partial charge in [0, 0.05) is 22.6 Å². The van der Waals surface area contributed by atoms with Crippen LogP contribution in [0.3, 0.4) is 0 Å². The van der Waals surface area contributed by atoms with Crippen LogP contribution in [0, 0.1) is 0 Å². The quantitative estimate of drug-likeness (QED) is 0.639. The molecule has 0 spiro atoms. The average Bonchev–Trinajstić information content (AvgIpc) is 3.16. The second-order valence-corrected chi connectivity index (χ2v) is 7.59. The van der Waals surface area contributed by atoms with Gasteiger partial charge < -0.3 is 10.1 Å². The zero-order chi connectivity index (χ0) is 20.4. The number of carbonyl (C=O) groups excluding carboxylic acids is 3. The van der Waals surface area contributed by atoms with Gasteiger partial charge in [-0.15, -0.1) is 0 Å². The summed E-state index contributed by atoms with van der Waals surface area (Å²) in [6.45, 7) is 0.0648. The number of ether oxygens (including phenoxy) is 1. The topological polar surface area (TPSA) is 72.5 Å². The maximum Gasteiger partial charge on any atom is 0.337 e. The van der Waals surface area contributed by atoms with Gasteiger partial charge in [-0.3, -0.25) is 9.59 Å². The van der Waals surface area contributed by atoms with E-state index in [1.807, 2.05) is 42.5 Å². The summed E-state index contributed by atoms with van der Waals surface area (Å²) >= 11 is 0.